The van der Waals surface area contributed by atoms with Crippen molar-refractivity contribution in [2.75, 3.05) is 36.2 Å². The summed E-state index contributed by atoms with van der Waals surface area (Å²) >= 11 is 0. The van der Waals surface area contributed by atoms with E-state index in [9.17, 15) is 0 Å². The van der Waals surface area contributed by atoms with Gasteiger partial charge in [-0.15, -0.1) is 0 Å². The third-order valence-electron chi connectivity index (χ3n) is 2.91. The summed E-state index contributed by atoms with van der Waals surface area (Å²) in [7, 11) is 3.86. The number of anilines is 3. The lowest BCUT2D eigenvalue weighted by Gasteiger charge is -2.17. The molecule has 0 radical (unpaired) electrons. The maximum Gasteiger partial charge on any atom is 0.231 e. The summed E-state index contributed by atoms with van der Waals surface area (Å²) in [5, 5.41) is 6.50. The van der Waals surface area contributed by atoms with E-state index in [1.54, 1.807) is 0 Å². The third-order valence-corrected chi connectivity index (χ3v) is 2.91. The predicted molar refractivity (Wildman–Crippen MR) is 85.5 cm³/mol. The van der Waals surface area contributed by atoms with Crippen molar-refractivity contribution in [2.45, 2.75) is 46.6 Å². The number of nitrogens with one attached hydrogen (secondary N) is 2. The highest BCUT2D eigenvalue weighted by atomic mass is 15.3. The first-order chi connectivity index (χ1) is 9.42. The Kier molecular flexibility index (Phi) is 6.48. The van der Waals surface area contributed by atoms with Crippen molar-refractivity contribution in [3.63, 3.8) is 0 Å². The Bertz CT molecular complexity index is 405. The van der Waals surface area contributed by atoms with E-state index in [4.69, 9.17) is 0 Å². The molecule has 114 valence electrons. The largest absolute Gasteiger partial charge is 0.354 e. The van der Waals surface area contributed by atoms with Crippen molar-refractivity contribution in [1.82, 2.24) is 15.0 Å². The normalized spacial score (nSPS) is 12.3. The summed E-state index contributed by atoms with van der Waals surface area (Å²) in [6, 6.07) is 0.351. The molecule has 1 heterocycles. The third kappa shape index (κ3) is 5.59. The van der Waals surface area contributed by atoms with Crippen LogP contribution in [0, 0.1) is 5.92 Å². The first kappa shape index (κ1) is 16.5. The van der Waals surface area contributed by atoms with Gasteiger partial charge in [-0.05, 0) is 32.6 Å². The van der Waals surface area contributed by atoms with E-state index in [0.29, 0.717) is 29.8 Å². The number of hydrogen-bond acceptors (Lipinski definition) is 6. The lowest BCUT2D eigenvalue weighted by atomic mass is 10.0. The second-order valence-electron chi connectivity index (χ2n) is 5.72. The Hall–Kier alpha value is -1.59. The summed E-state index contributed by atoms with van der Waals surface area (Å²) in [6.07, 6.45) is 2.30. The van der Waals surface area contributed by atoms with Gasteiger partial charge in [0.15, 0.2) is 0 Å². The van der Waals surface area contributed by atoms with Crippen LogP contribution in [0.5, 0.6) is 0 Å². The number of rotatable bonds is 8. The van der Waals surface area contributed by atoms with Crippen LogP contribution in [0.2, 0.25) is 0 Å². The molecule has 0 amide bonds. The predicted octanol–water partition coefficient (Wildman–Crippen LogP) is 2.61. The van der Waals surface area contributed by atoms with Crippen LogP contribution in [0.4, 0.5) is 17.8 Å². The topological polar surface area (TPSA) is 66.0 Å². The Balaban J connectivity index is 2.77. The number of hydrogen-bond donors (Lipinski definition) is 2. The minimum atomic E-state index is 0.351. The van der Waals surface area contributed by atoms with Gasteiger partial charge in [-0.2, -0.15) is 15.0 Å². The zero-order chi connectivity index (χ0) is 15.1. The van der Waals surface area contributed by atoms with Crippen molar-refractivity contribution >= 4 is 17.8 Å². The van der Waals surface area contributed by atoms with Crippen LogP contribution in [0.1, 0.15) is 40.5 Å². The summed E-state index contributed by atoms with van der Waals surface area (Å²) in [4.78, 5) is 15.1. The minimum Gasteiger partial charge on any atom is -0.354 e. The second-order valence-corrected chi connectivity index (χ2v) is 5.72. The van der Waals surface area contributed by atoms with Crippen LogP contribution in [-0.2, 0) is 0 Å². The Labute approximate surface area is 122 Å². The van der Waals surface area contributed by atoms with E-state index in [0.717, 1.165) is 13.0 Å². The molecule has 0 bridgehead atoms. The molecule has 0 saturated carbocycles. The fraction of sp³-hybridized carbons (Fsp3) is 0.786. The smallest absolute Gasteiger partial charge is 0.231 e. The summed E-state index contributed by atoms with van der Waals surface area (Å²) in [5.41, 5.74) is 0. The molecule has 6 heteroatoms. The highest BCUT2D eigenvalue weighted by Crippen LogP contribution is 2.14. The average Bonchev–Trinajstić information content (AvgIpc) is 2.36. The van der Waals surface area contributed by atoms with Crippen LogP contribution in [-0.4, -0.2) is 41.6 Å². The lowest BCUT2D eigenvalue weighted by Crippen LogP contribution is -2.21. The quantitative estimate of drug-likeness (QED) is 0.763. The van der Waals surface area contributed by atoms with Crippen molar-refractivity contribution < 1.29 is 0 Å². The molecule has 1 rings (SSSR count). The molecule has 1 aromatic rings. The van der Waals surface area contributed by atoms with Gasteiger partial charge in [0.05, 0.1) is 0 Å². The molecule has 1 aromatic heterocycles. The average molecular weight is 280 g/mol. The van der Waals surface area contributed by atoms with Gasteiger partial charge in [-0.3, -0.25) is 0 Å². The maximum absolute atomic E-state index is 4.43. The summed E-state index contributed by atoms with van der Waals surface area (Å²) in [5.74, 6) is 2.63. The molecule has 20 heavy (non-hydrogen) atoms. The van der Waals surface area contributed by atoms with Crippen molar-refractivity contribution in [2.24, 2.45) is 5.92 Å². The van der Waals surface area contributed by atoms with E-state index in [1.165, 1.54) is 6.42 Å². The van der Waals surface area contributed by atoms with E-state index < -0.39 is 0 Å². The lowest BCUT2D eigenvalue weighted by molar-refractivity contribution is 0.526. The number of nitrogens with zero attached hydrogens (tertiary/aromatic N) is 4. The highest BCUT2D eigenvalue weighted by Gasteiger charge is 2.10. The fourth-order valence-electron chi connectivity index (χ4n) is 1.74. The zero-order valence-electron chi connectivity index (χ0n) is 13.6. The maximum atomic E-state index is 4.43. The number of aromatic nitrogens is 3. The van der Waals surface area contributed by atoms with Crippen LogP contribution < -0.4 is 15.5 Å². The van der Waals surface area contributed by atoms with Gasteiger partial charge >= 0.3 is 0 Å². The molecule has 2 N–H and O–H groups in total. The molecule has 6 nitrogen and oxygen atoms in total. The van der Waals surface area contributed by atoms with E-state index in [1.807, 2.05) is 25.9 Å². The summed E-state index contributed by atoms with van der Waals surface area (Å²) < 4.78 is 0. The molecule has 0 aromatic carbocycles. The van der Waals surface area contributed by atoms with Gasteiger partial charge in [-0.25, -0.2) is 0 Å². The molecular formula is C14H28N6. The molecule has 0 aliphatic carbocycles. The minimum absolute atomic E-state index is 0.351. The van der Waals surface area contributed by atoms with Gasteiger partial charge in [-0.1, -0.05) is 13.8 Å². The Morgan fingerprint density at radius 1 is 1.00 bits per heavy atom. The van der Waals surface area contributed by atoms with Crippen LogP contribution in [0.25, 0.3) is 0 Å². The van der Waals surface area contributed by atoms with Crippen LogP contribution >= 0.6 is 0 Å². The second kappa shape index (κ2) is 7.87. The molecule has 0 fully saturated rings. The van der Waals surface area contributed by atoms with Gasteiger partial charge in [0, 0.05) is 26.7 Å². The van der Waals surface area contributed by atoms with Gasteiger partial charge in [0.25, 0.3) is 0 Å². The van der Waals surface area contributed by atoms with Crippen molar-refractivity contribution in [1.29, 1.82) is 0 Å². The first-order valence-corrected chi connectivity index (χ1v) is 7.36. The van der Waals surface area contributed by atoms with E-state index in [-0.39, 0.29) is 0 Å². The van der Waals surface area contributed by atoms with Crippen LogP contribution in [0.15, 0.2) is 0 Å². The molecule has 0 aliphatic heterocycles. The molecule has 1 atom stereocenters. The van der Waals surface area contributed by atoms with Gasteiger partial charge in [0.1, 0.15) is 0 Å². The van der Waals surface area contributed by atoms with Gasteiger partial charge < -0.3 is 15.5 Å². The van der Waals surface area contributed by atoms with Crippen LogP contribution in [0.3, 0.4) is 0 Å². The molecular weight excluding hydrogens is 252 g/mol. The Morgan fingerprint density at radius 3 is 2.20 bits per heavy atom. The fourth-order valence-corrected chi connectivity index (χ4v) is 1.74. The standard InChI is InChI=1S/C14H28N6/c1-7-15-12-17-13(19-14(18-12)20(5)6)16-11(4)9-8-10(2)3/h10-11H,7-9H2,1-6H3,(H2,15,16,17,18,19). The van der Waals surface area contributed by atoms with Crippen molar-refractivity contribution in [3.05, 3.63) is 0 Å². The van der Waals surface area contributed by atoms with Gasteiger partial charge in [0.2, 0.25) is 17.8 Å². The zero-order valence-corrected chi connectivity index (χ0v) is 13.6. The van der Waals surface area contributed by atoms with E-state index >= 15 is 0 Å². The SMILES string of the molecule is CCNc1nc(NC(C)CCC(C)C)nc(N(C)C)n1. The highest BCUT2D eigenvalue weighted by molar-refractivity contribution is 5.43. The van der Waals surface area contributed by atoms with E-state index in [2.05, 4.69) is 46.4 Å². The molecule has 0 spiro atoms. The summed E-state index contributed by atoms with van der Waals surface area (Å²) in [6.45, 7) is 9.46. The molecule has 0 saturated heterocycles. The first-order valence-electron chi connectivity index (χ1n) is 7.36. The molecule has 1 unspecified atom stereocenters. The van der Waals surface area contributed by atoms with Crippen molar-refractivity contribution in [3.8, 4) is 0 Å². The monoisotopic (exact) mass is 280 g/mol. The molecule has 0 aliphatic rings. The Morgan fingerprint density at radius 2 is 1.65 bits per heavy atom.